The Hall–Kier alpha value is -3.43. The van der Waals surface area contributed by atoms with Gasteiger partial charge in [0, 0.05) is 30.1 Å². The summed E-state index contributed by atoms with van der Waals surface area (Å²) in [6.45, 7) is 7.61. The van der Waals surface area contributed by atoms with Crippen LogP contribution < -0.4 is 9.62 Å². The quantitative estimate of drug-likeness (QED) is 0.521. The molecule has 0 aromatic heterocycles. The fourth-order valence-electron chi connectivity index (χ4n) is 3.99. The number of benzene rings is 2. The number of aryl methyl sites for hydroxylation is 1. The third kappa shape index (κ3) is 5.55. The van der Waals surface area contributed by atoms with Gasteiger partial charge in [-0.3, -0.25) is 9.79 Å². The van der Waals surface area contributed by atoms with Gasteiger partial charge >= 0.3 is 0 Å². The Bertz CT molecular complexity index is 1280. The number of sulfonamides is 1. The number of nitrogens with one attached hydrogen (secondary N) is 1. The molecule has 0 bridgehead atoms. The fraction of sp³-hybridized carbons (Fsp3) is 0.280. The van der Waals surface area contributed by atoms with Gasteiger partial charge in [-0.05, 0) is 62.1 Å². The zero-order chi connectivity index (χ0) is 25.0. The van der Waals surface area contributed by atoms with Crippen LogP contribution in [0, 0.1) is 0 Å². The zero-order valence-corrected chi connectivity index (χ0v) is 20.3. The van der Waals surface area contributed by atoms with Crippen LogP contribution >= 0.6 is 0 Å². The van der Waals surface area contributed by atoms with E-state index < -0.39 is 22.0 Å². The fourth-order valence-corrected chi connectivity index (χ4v) is 4.49. The van der Waals surface area contributed by atoms with E-state index in [4.69, 9.17) is 0 Å². The van der Waals surface area contributed by atoms with Crippen molar-refractivity contribution in [2.24, 2.45) is 4.99 Å². The first kappa shape index (κ1) is 25.2. The van der Waals surface area contributed by atoms with E-state index in [2.05, 4.69) is 16.3 Å². The first-order valence-electron chi connectivity index (χ1n) is 10.8. The minimum Gasteiger partial charge on any atom is -0.508 e. The molecule has 9 heteroatoms. The lowest BCUT2D eigenvalue weighted by Crippen LogP contribution is -2.49. The molecule has 0 fully saturated rings. The van der Waals surface area contributed by atoms with Crippen LogP contribution in [-0.2, 0) is 16.4 Å². The number of amides is 1. The number of nitrogens with zero attached hydrogens (tertiary/aromatic N) is 2. The van der Waals surface area contributed by atoms with Crippen molar-refractivity contribution in [2.75, 3.05) is 17.7 Å². The SMILES string of the molecule is C=C/N=C(\C(C)=C/C)c1ccc2c(c1)CCC(CNS(C)(=O)=O)N2C(=O)c1ccc(O)cc1O. The molecule has 1 unspecified atom stereocenters. The number of allylic oxidation sites excluding steroid dienone is 2. The number of phenolic OH excluding ortho intramolecular Hbond substituents is 2. The van der Waals surface area contributed by atoms with E-state index in [1.54, 1.807) is 0 Å². The van der Waals surface area contributed by atoms with Gasteiger partial charge in [-0.25, -0.2) is 13.1 Å². The normalized spacial score (nSPS) is 16.8. The average molecular weight is 484 g/mol. The predicted molar refractivity (Wildman–Crippen MR) is 134 cm³/mol. The molecular formula is C25H29N3O5S. The van der Waals surface area contributed by atoms with Gasteiger partial charge in [0.05, 0.1) is 23.6 Å². The predicted octanol–water partition coefficient (Wildman–Crippen LogP) is 3.51. The standard InChI is InChI=1S/C25H29N3O5S/c1-5-16(3)24(26-6-2)18-8-12-22-17(13-18)7-9-19(15-27-34(4,32)33)28(22)25(31)21-11-10-20(29)14-23(21)30/h5-6,8,10-14,19,27,29-30H,2,7,9,15H2,1,3-4H3/b16-5-,26-24+. The largest absolute Gasteiger partial charge is 0.508 e. The minimum absolute atomic E-state index is 0.0118. The molecule has 3 N–H and O–H groups in total. The van der Waals surface area contributed by atoms with E-state index in [0.29, 0.717) is 18.5 Å². The van der Waals surface area contributed by atoms with Crippen LogP contribution in [0.15, 0.2) is 65.8 Å². The van der Waals surface area contributed by atoms with Gasteiger partial charge < -0.3 is 15.1 Å². The molecule has 0 radical (unpaired) electrons. The number of carbonyl (C=O) groups is 1. The third-order valence-corrected chi connectivity index (χ3v) is 6.45. The maximum atomic E-state index is 13.6. The molecule has 3 rings (SSSR count). The van der Waals surface area contributed by atoms with E-state index in [1.807, 2.05) is 38.1 Å². The molecule has 0 spiro atoms. The molecule has 0 saturated carbocycles. The molecule has 2 aromatic rings. The number of anilines is 1. The van der Waals surface area contributed by atoms with Gasteiger partial charge in [0.15, 0.2) is 0 Å². The van der Waals surface area contributed by atoms with Crippen molar-refractivity contribution in [3.63, 3.8) is 0 Å². The summed E-state index contributed by atoms with van der Waals surface area (Å²) in [7, 11) is -3.47. The monoisotopic (exact) mass is 483 g/mol. The highest BCUT2D eigenvalue weighted by Crippen LogP contribution is 2.35. The number of carbonyl (C=O) groups excluding carboxylic acids is 1. The highest BCUT2D eigenvalue weighted by molar-refractivity contribution is 7.88. The van der Waals surface area contributed by atoms with Crippen molar-refractivity contribution >= 4 is 27.3 Å². The third-order valence-electron chi connectivity index (χ3n) is 5.76. The second-order valence-electron chi connectivity index (χ2n) is 8.17. The number of hydrogen-bond donors (Lipinski definition) is 3. The van der Waals surface area contributed by atoms with Crippen LogP contribution in [0.3, 0.4) is 0 Å². The molecule has 1 atom stereocenters. The van der Waals surface area contributed by atoms with Gasteiger partial charge in [0.1, 0.15) is 11.5 Å². The zero-order valence-electron chi connectivity index (χ0n) is 19.4. The van der Waals surface area contributed by atoms with Crippen molar-refractivity contribution in [2.45, 2.75) is 32.7 Å². The van der Waals surface area contributed by atoms with Crippen LogP contribution in [0.25, 0.3) is 0 Å². The van der Waals surface area contributed by atoms with E-state index in [9.17, 15) is 23.4 Å². The van der Waals surface area contributed by atoms with Crippen molar-refractivity contribution < 1.29 is 23.4 Å². The number of aliphatic imine (C=N–C) groups is 1. The Morgan fingerprint density at radius 2 is 2.00 bits per heavy atom. The number of rotatable bonds is 7. The van der Waals surface area contributed by atoms with Crippen LogP contribution in [0.4, 0.5) is 5.69 Å². The molecule has 34 heavy (non-hydrogen) atoms. The van der Waals surface area contributed by atoms with Crippen molar-refractivity contribution in [3.8, 4) is 11.5 Å². The lowest BCUT2D eigenvalue weighted by molar-refractivity contribution is 0.0970. The van der Waals surface area contributed by atoms with Crippen LogP contribution in [-0.4, -0.2) is 49.1 Å². The summed E-state index contributed by atoms with van der Waals surface area (Å²) in [6.07, 6.45) is 5.65. The summed E-state index contributed by atoms with van der Waals surface area (Å²) in [6, 6.07) is 8.95. The summed E-state index contributed by atoms with van der Waals surface area (Å²) < 4.78 is 25.9. The first-order chi connectivity index (χ1) is 16.1. The number of phenols is 2. The number of hydrogen-bond acceptors (Lipinski definition) is 6. The number of fused-ring (bicyclic) bond motifs is 1. The van der Waals surface area contributed by atoms with Gasteiger partial charge in [0.2, 0.25) is 10.0 Å². The second kappa shape index (κ2) is 10.2. The summed E-state index contributed by atoms with van der Waals surface area (Å²) in [5.41, 5.74) is 4.17. The Balaban J connectivity index is 2.09. The van der Waals surface area contributed by atoms with Crippen molar-refractivity contribution in [3.05, 3.63) is 77.5 Å². The summed E-state index contributed by atoms with van der Waals surface area (Å²) in [5, 5.41) is 19.9. The molecule has 1 aliphatic rings. The van der Waals surface area contributed by atoms with Gasteiger partial charge in [0.25, 0.3) is 5.91 Å². The van der Waals surface area contributed by atoms with Gasteiger partial charge in [-0.1, -0.05) is 18.7 Å². The van der Waals surface area contributed by atoms with Crippen LogP contribution in [0.1, 0.15) is 41.8 Å². The van der Waals surface area contributed by atoms with Crippen molar-refractivity contribution in [1.29, 1.82) is 0 Å². The van der Waals surface area contributed by atoms with E-state index in [-0.39, 0.29) is 23.6 Å². The van der Waals surface area contributed by atoms with Crippen LogP contribution in [0.5, 0.6) is 11.5 Å². The van der Waals surface area contributed by atoms with E-state index >= 15 is 0 Å². The van der Waals surface area contributed by atoms with Gasteiger partial charge in [-0.2, -0.15) is 0 Å². The smallest absolute Gasteiger partial charge is 0.262 e. The summed E-state index contributed by atoms with van der Waals surface area (Å²) in [4.78, 5) is 19.5. The highest BCUT2D eigenvalue weighted by atomic mass is 32.2. The molecule has 8 nitrogen and oxygen atoms in total. The topological polar surface area (TPSA) is 119 Å². The Morgan fingerprint density at radius 1 is 1.26 bits per heavy atom. The average Bonchev–Trinajstić information content (AvgIpc) is 2.79. The molecule has 1 heterocycles. The molecule has 2 aromatic carbocycles. The van der Waals surface area contributed by atoms with Crippen LogP contribution in [0.2, 0.25) is 0 Å². The molecule has 180 valence electrons. The molecule has 0 aliphatic carbocycles. The summed E-state index contributed by atoms with van der Waals surface area (Å²) >= 11 is 0. The Kier molecular flexibility index (Phi) is 7.58. The lowest BCUT2D eigenvalue weighted by Gasteiger charge is -2.37. The number of aromatic hydroxyl groups is 2. The minimum atomic E-state index is -3.47. The molecule has 1 amide bonds. The maximum absolute atomic E-state index is 13.6. The Labute approximate surface area is 200 Å². The molecule has 1 aliphatic heterocycles. The first-order valence-corrected chi connectivity index (χ1v) is 12.7. The van der Waals surface area contributed by atoms with E-state index in [0.717, 1.165) is 34.7 Å². The van der Waals surface area contributed by atoms with Gasteiger partial charge in [-0.15, -0.1) is 0 Å². The second-order valence-corrected chi connectivity index (χ2v) is 10.00. The highest BCUT2D eigenvalue weighted by Gasteiger charge is 2.33. The molecule has 0 saturated heterocycles. The van der Waals surface area contributed by atoms with E-state index in [1.165, 1.54) is 23.2 Å². The molecular weight excluding hydrogens is 454 g/mol. The van der Waals surface area contributed by atoms with Crippen molar-refractivity contribution in [1.82, 2.24) is 4.72 Å². The Morgan fingerprint density at radius 3 is 2.62 bits per heavy atom. The summed E-state index contributed by atoms with van der Waals surface area (Å²) in [5.74, 6) is -1.01. The lowest BCUT2D eigenvalue weighted by atomic mass is 9.91. The maximum Gasteiger partial charge on any atom is 0.262 e.